The van der Waals surface area contributed by atoms with E-state index in [1.807, 2.05) is 30.5 Å². The lowest BCUT2D eigenvalue weighted by Crippen LogP contribution is -2.17. The van der Waals surface area contributed by atoms with Gasteiger partial charge in [0.1, 0.15) is 5.75 Å². The topological polar surface area (TPSA) is 82.0 Å². The predicted octanol–water partition coefficient (Wildman–Crippen LogP) is 5.32. The van der Waals surface area contributed by atoms with Crippen molar-refractivity contribution >= 4 is 34.8 Å². The Bertz CT molecular complexity index is 1350. The van der Waals surface area contributed by atoms with Crippen LogP contribution in [0.25, 0.3) is 10.9 Å². The molecule has 0 aliphatic heterocycles. The van der Waals surface area contributed by atoms with Gasteiger partial charge in [0.25, 0.3) is 5.91 Å². The molecule has 1 aromatic heterocycles. The number of amides is 1. The van der Waals surface area contributed by atoms with Crippen molar-refractivity contribution in [2.75, 3.05) is 21.3 Å². The van der Waals surface area contributed by atoms with Crippen LogP contribution in [-0.4, -0.2) is 38.4 Å². The van der Waals surface area contributed by atoms with Gasteiger partial charge in [0.15, 0.2) is 11.5 Å². The van der Waals surface area contributed by atoms with Crippen molar-refractivity contribution in [2.45, 2.75) is 10.6 Å². The third-order valence-electron chi connectivity index (χ3n) is 5.31. The first-order chi connectivity index (χ1) is 17.1. The van der Waals surface area contributed by atoms with Crippen LogP contribution < -0.4 is 19.6 Å². The van der Waals surface area contributed by atoms with Crippen LogP contribution in [-0.2, 0) is 5.75 Å². The van der Waals surface area contributed by atoms with E-state index < -0.39 is 0 Å². The zero-order valence-corrected chi connectivity index (χ0v) is 20.5. The number of fused-ring (bicyclic) bond motifs is 1. The Morgan fingerprint density at radius 1 is 0.943 bits per heavy atom. The molecule has 3 aromatic carbocycles. The molecule has 0 fully saturated rings. The molecular formula is C27H25N3O4S. The first-order valence-corrected chi connectivity index (χ1v) is 11.8. The van der Waals surface area contributed by atoms with Crippen molar-refractivity contribution in [1.29, 1.82) is 0 Å². The number of pyridine rings is 1. The summed E-state index contributed by atoms with van der Waals surface area (Å²) < 4.78 is 16.0. The number of nitrogens with one attached hydrogen (secondary N) is 1. The highest BCUT2D eigenvalue weighted by atomic mass is 32.2. The molecule has 7 nitrogen and oxygen atoms in total. The third-order valence-corrected chi connectivity index (χ3v) is 6.43. The Balaban J connectivity index is 1.38. The quantitative estimate of drug-likeness (QED) is 0.196. The Hall–Kier alpha value is -4.04. The average Bonchev–Trinajstić information content (AvgIpc) is 2.91. The maximum atomic E-state index is 12.5. The monoisotopic (exact) mass is 487 g/mol. The molecule has 35 heavy (non-hydrogen) atoms. The average molecular weight is 488 g/mol. The smallest absolute Gasteiger partial charge is 0.271 e. The molecule has 8 heteroatoms. The van der Waals surface area contributed by atoms with Gasteiger partial charge in [0.05, 0.1) is 33.1 Å². The van der Waals surface area contributed by atoms with Crippen LogP contribution in [0.15, 0.2) is 82.9 Å². The fourth-order valence-corrected chi connectivity index (χ4v) is 4.48. The molecule has 0 saturated heterocycles. The van der Waals surface area contributed by atoms with Crippen LogP contribution in [0.2, 0.25) is 0 Å². The molecule has 1 N–H and O–H groups in total. The maximum absolute atomic E-state index is 12.5. The summed E-state index contributed by atoms with van der Waals surface area (Å²) >= 11 is 1.72. The van der Waals surface area contributed by atoms with E-state index in [0.29, 0.717) is 28.4 Å². The number of thioether (sulfide) groups is 1. The van der Waals surface area contributed by atoms with Gasteiger partial charge >= 0.3 is 0 Å². The van der Waals surface area contributed by atoms with Gasteiger partial charge in [-0.05, 0) is 35.9 Å². The van der Waals surface area contributed by atoms with Crippen molar-refractivity contribution < 1.29 is 19.0 Å². The van der Waals surface area contributed by atoms with E-state index in [9.17, 15) is 4.79 Å². The number of aromatic nitrogens is 1. The molecule has 0 radical (unpaired) electrons. The van der Waals surface area contributed by atoms with Crippen LogP contribution in [0.3, 0.4) is 0 Å². The van der Waals surface area contributed by atoms with Crippen molar-refractivity contribution in [2.24, 2.45) is 5.10 Å². The number of methoxy groups -OCH3 is 3. The van der Waals surface area contributed by atoms with Crippen LogP contribution in [0.4, 0.5) is 0 Å². The summed E-state index contributed by atoms with van der Waals surface area (Å²) in [5.74, 6) is 2.09. The van der Waals surface area contributed by atoms with Crippen molar-refractivity contribution in [1.82, 2.24) is 10.4 Å². The molecule has 0 spiro atoms. The minimum atomic E-state index is -0.307. The number of hydrogen-bond acceptors (Lipinski definition) is 7. The molecule has 178 valence electrons. The highest BCUT2D eigenvalue weighted by molar-refractivity contribution is 7.98. The molecule has 0 aliphatic rings. The molecule has 1 amide bonds. The summed E-state index contributed by atoms with van der Waals surface area (Å²) in [6.07, 6.45) is 3.31. The van der Waals surface area contributed by atoms with Gasteiger partial charge in [-0.1, -0.05) is 30.3 Å². The Morgan fingerprint density at radius 2 is 1.66 bits per heavy atom. The number of ether oxygens (including phenoxy) is 3. The molecule has 0 unspecified atom stereocenters. The Morgan fingerprint density at radius 3 is 2.40 bits per heavy atom. The molecule has 1 heterocycles. The molecular weight excluding hydrogens is 462 g/mol. The van der Waals surface area contributed by atoms with Gasteiger partial charge in [0, 0.05) is 39.4 Å². The van der Waals surface area contributed by atoms with E-state index in [1.165, 1.54) is 6.21 Å². The lowest BCUT2D eigenvalue weighted by Gasteiger charge is -2.11. The lowest BCUT2D eigenvalue weighted by molar-refractivity contribution is 0.0955. The van der Waals surface area contributed by atoms with E-state index in [4.69, 9.17) is 14.2 Å². The summed E-state index contributed by atoms with van der Waals surface area (Å²) in [6, 6.07) is 21.1. The fraction of sp³-hybridized carbons (Fsp3) is 0.148. The van der Waals surface area contributed by atoms with E-state index in [2.05, 4.69) is 33.7 Å². The number of carbonyl (C=O) groups is 1. The Labute approximate surface area is 208 Å². The van der Waals surface area contributed by atoms with Gasteiger partial charge in [-0.3, -0.25) is 9.78 Å². The SMILES string of the molecule is COc1cc(OC)c(OC)cc1/C=N\NC(=O)c1ccc(CSc2cccc3cccnc23)cc1. The number of hydrazone groups is 1. The molecule has 0 aliphatic carbocycles. The molecule has 0 atom stereocenters. The second-order valence-electron chi connectivity index (χ2n) is 7.47. The first-order valence-electron chi connectivity index (χ1n) is 10.8. The van der Waals surface area contributed by atoms with Crippen LogP contribution in [0.5, 0.6) is 17.2 Å². The van der Waals surface area contributed by atoms with Crippen molar-refractivity contribution in [3.8, 4) is 17.2 Å². The summed E-state index contributed by atoms with van der Waals surface area (Å²) in [5, 5.41) is 5.19. The van der Waals surface area contributed by atoms with Crippen LogP contribution in [0, 0.1) is 0 Å². The largest absolute Gasteiger partial charge is 0.496 e. The highest BCUT2D eigenvalue weighted by Gasteiger charge is 2.11. The van der Waals surface area contributed by atoms with E-state index in [0.717, 1.165) is 27.1 Å². The van der Waals surface area contributed by atoms with Crippen LogP contribution >= 0.6 is 11.8 Å². The lowest BCUT2D eigenvalue weighted by atomic mass is 10.1. The van der Waals surface area contributed by atoms with Crippen LogP contribution in [0.1, 0.15) is 21.5 Å². The number of nitrogens with zero attached hydrogens (tertiary/aromatic N) is 2. The number of benzene rings is 3. The first kappa shape index (κ1) is 24.1. The summed E-state index contributed by atoms with van der Waals surface area (Å²) in [6.45, 7) is 0. The summed E-state index contributed by atoms with van der Waals surface area (Å²) in [7, 11) is 4.65. The highest BCUT2D eigenvalue weighted by Crippen LogP contribution is 2.33. The van der Waals surface area contributed by atoms with Crippen molar-refractivity contribution in [3.05, 3.63) is 89.6 Å². The molecule has 0 bridgehead atoms. The predicted molar refractivity (Wildman–Crippen MR) is 139 cm³/mol. The summed E-state index contributed by atoms with van der Waals surface area (Å²) in [4.78, 5) is 18.2. The zero-order valence-electron chi connectivity index (χ0n) is 19.6. The van der Waals surface area contributed by atoms with Gasteiger partial charge < -0.3 is 14.2 Å². The zero-order chi connectivity index (χ0) is 24.6. The Kier molecular flexibility index (Phi) is 7.84. The molecule has 4 aromatic rings. The third kappa shape index (κ3) is 5.73. The van der Waals surface area contributed by atoms with Gasteiger partial charge in [-0.2, -0.15) is 5.10 Å². The number of hydrogen-bond donors (Lipinski definition) is 1. The molecule has 0 saturated carbocycles. The summed E-state index contributed by atoms with van der Waals surface area (Å²) in [5.41, 5.74) is 5.82. The number of carbonyl (C=O) groups excluding carboxylic acids is 1. The fourth-order valence-electron chi connectivity index (χ4n) is 3.48. The van der Waals surface area contributed by atoms with Gasteiger partial charge in [0.2, 0.25) is 0 Å². The van der Waals surface area contributed by atoms with Crippen molar-refractivity contribution in [3.63, 3.8) is 0 Å². The normalized spacial score (nSPS) is 10.9. The number of rotatable bonds is 9. The standard InChI is InChI=1S/C27H25N3O4S/c1-32-22-15-24(34-3)23(33-2)14-21(22)16-29-30-27(31)20-11-9-18(10-12-20)17-35-25-8-4-6-19-7-5-13-28-26(19)25/h4-16H,17H2,1-3H3,(H,30,31)/b29-16-. The maximum Gasteiger partial charge on any atom is 0.271 e. The number of para-hydroxylation sites is 1. The minimum Gasteiger partial charge on any atom is -0.496 e. The second-order valence-corrected chi connectivity index (χ2v) is 8.48. The van der Waals surface area contributed by atoms with E-state index >= 15 is 0 Å². The van der Waals surface area contributed by atoms with Gasteiger partial charge in [-0.15, -0.1) is 11.8 Å². The second kappa shape index (κ2) is 11.4. The van der Waals surface area contributed by atoms with E-state index in [1.54, 1.807) is 57.4 Å². The minimum absolute atomic E-state index is 0.307. The van der Waals surface area contributed by atoms with Gasteiger partial charge in [-0.25, -0.2) is 5.43 Å². The molecule has 4 rings (SSSR count). The van der Waals surface area contributed by atoms with E-state index in [-0.39, 0.29) is 5.91 Å².